The molecule has 1 N–H and O–H groups in total. The summed E-state index contributed by atoms with van der Waals surface area (Å²) in [5, 5.41) is 10.3. The molecule has 3 heteroatoms. The Hall–Kier alpha value is -1.12. The molecule has 18 heavy (non-hydrogen) atoms. The van der Waals surface area contributed by atoms with Gasteiger partial charge in [-0.25, -0.2) is 0 Å². The molecule has 0 aromatic carbocycles. The van der Waals surface area contributed by atoms with E-state index in [1.54, 1.807) is 7.11 Å². The first-order chi connectivity index (χ1) is 8.60. The summed E-state index contributed by atoms with van der Waals surface area (Å²) < 4.78 is 5.36. The molecule has 0 aliphatic heterocycles. The molecule has 0 bridgehead atoms. The largest absolute Gasteiger partial charge is 0.510 e. The van der Waals surface area contributed by atoms with Crippen molar-refractivity contribution in [3.05, 3.63) is 23.3 Å². The third kappa shape index (κ3) is 3.97. The number of allylic oxidation sites excluding steroid dienone is 3. The molecule has 0 radical (unpaired) electrons. The number of methoxy groups -OCH3 is 1. The number of likely N-dealkylation sites (N-methyl/N-ethyl adjacent to an activating group) is 1. The molecule has 0 heterocycles. The number of hydrogen-bond donors (Lipinski definition) is 1. The Bertz CT molecular complexity index is 320. The van der Waals surface area contributed by atoms with Crippen molar-refractivity contribution in [1.82, 2.24) is 4.90 Å². The second-order valence-corrected chi connectivity index (χ2v) is 5.15. The molecule has 0 saturated carbocycles. The fourth-order valence-electron chi connectivity index (χ4n) is 2.23. The maximum Gasteiger partial charge on any atom is 0.118 e. The Morgan fingerprint density at radius 3 is 2.78 bits per heavy atom. The van der Waals surface area contributed by atoms with Gasteiger partial charge in [-0.3, -0.25) is 0 Å². The predicted octanol–water partition coefficient (Wildman–Crippen LogP) is 3.84. The SMILES string of the molecule is CCCCCN(C)C1=C(O)C(C)CCC(OC)=C1. The Morgan fingerprint density at radius 1 is 1.44 bits per heavy atom. The summed E-state index contributed by atoms with van der Waals surface area (Å²) in [4.78, 5) is 2.14. The van der Waals surface area contributed by atoms with Gasteiger partial charge in [0.1, 0.15) is 5.76 Å². The van der Waals surface area contributed by atoms with Crippen LogP contribution in [0, 0.1) is 5.92 Å². The van der Waals surface area contributed by atoms with Crippen LogP contribution in [0.25, 0.3) is 0 Å². The highest BCUT2D eigenvalue weighted by atomic mass is 16.5. The lowest BCUT2D eigenvalue weighted by atomic mass is 10.0. The summed E-state index contributed by atoms with van der Waals surface area (Å²) in [7, 11) is 3.75. The highest BCUT2D eigenvalue weighted by Gasteiger charge is 2.20. The van der Waals surface area contributed by atoms with Crippen molar-refractivity contribution in [1.29, 1.82) is 0 Å². The third-order valence-electron chi connectivity index (χ3n) is 3.62. The number of rotatable bonds is 6. The maximum absolute atomic E-state index is 10.3. The van der Waals surface area contributed by atoms with Crippen molar-refractivity contribution in [2.45, 2.75) is 46.0 Å². The van der Waals surface area contributed by atoms with Crippen LogP contribution in [0.5, 0.6) is 0 Å². The molecule has 0 spiro atoms. The lowest BCUT2D eigenvalue weighted by Gasteiger charge is -2.22. The molecule has 1 atom stereocenters. The van der Waals surface area contributed by atoms with E-state index in [0.717, 1.165) is 37.3 Å². The van der Waals surface area contributed by atoms with Gasteiger partial charge in [0.15, 0.2) is 0 Å². The second kappa shape index (κ2) is 7.34. The summed E-state index contributed by atoms with van der Waals surface area (Å²) in [6, 6.07) is 0. The number of hydrogen-bond acceptors (Lipinski definition) is 3. The smallest absolute Gasteiger partial charge is 0.118 e. The first kappa shape index (κ1) is 14.9. The second-order valence-electron chi connectivity index (χ2n) is 5.15. The van der Waals surface area contributed by atoms with E-state index < -0.39 is 0 Å². The van der Waals surface area contributed by atoms with Crippen molar-refractivity contribution in [3.63, 3.8) is 0 Å². The highest BCUT2D eigenvalue weighted by molar-refractivity contribution is 5.26. The van der Waals surface area contributed by atoms with Gasteiger partial charge in [-0.2, -0.15) is 0 Å². The van der Waals surface area contributed by atoms with E-state index in [-0.39, 0.29) is 5.92 Å². The minimum absolute atomic E-state index is 0.206. The summed E-state index contributed by atoms with van der Waals surface area (Å²) in [6.07, 6.45) is 7.44. The fraction of sp³-hybridized carbons (Fsp3) is 0.733. The standard InChI is InChI=1S/C15H27NO2/c1-5-6-7-10-16(3)14-11-13(18-4)9-8-12(2)15(14)17/h11-12,17H,5-10H2,1-4H3. The van der Waals surface area contributed by atoms with Crippen LogP contribution in [-0.4, -0.2) is 30.7 Å². The van der Waals surface area contributed by atoms with E-state index in [0.29, 0.717) is 5.76 Å². The van der Waals surface area contributed by atoms with Gasteiger partial charge in [-0.05, 0) is 12.8 Å². The van der Waals surface area contributed by atoms with Crippen molar-refractivity contribution in [2.75, 3.05) is 20.7 Å². The van der Waals surface area contributed by atoms with E-state index in [1.165, 1.54) is 12.8 Å². The lowest BCUT2D eigenvalue weighted by molar-refractivity contribution is 0.267. The molecule has 104 valence electrons. The Balaban J connectivity index is 2.80. The van der Waals surface area contributed by atoms with Gasteiger partial charge >= 0.3 is 0 Å². The molecule has 3 nitrogen and oxygen atoms in total. The Morgan fingerprint density at radius 2 is 2.17 bits per heavy atom. The molecule has 1 aliphatic rings. The maximum atomic E-state index is 10.3. The molecule has 0 fully saturated rings. The van der Waals surface area contributed by atoms with Crippen LogP contribution in [0.2, 0.25) is 0 Å². The van der Waals surface area contributed by atoms with Crippen molar-refractivity contribution < 1.29 is 9.84 Å². The molecule has 0 aromatic heterocycles. The van der Waals surface area contributed by atoms with Crippen molar-refractivity contribution in [3.8, 4) is 0 Å². The average Bonchev–Trinajstić information content (AvgIpc) is 2.51. The number of ether oxygens (including phenoxy) is 1. The fourth-order valence-corrected chi connectivity index (χ4v) is 2.23. The van der Waals surface area contributed by atoms with Crippen LogP contribution >= 0.6 is 0 Å². The number of nitrogens with zero attached hydrogens (tertiary/aromatic N) is 1. The quantitative estimate of drug-likeness (QED) is 0.730. The third-order valence-corrected chi connectivity index (χ3v) is 3.62. The normalized spacial score (nSPS) is 20.4. The van der Waals surface area contributed by atoms with Gasteiger partial charge in [0, 0.05) is 32.0 Å². The Kier molecular flexibility index (Phi) is 6.10. The first-order valence-electron chi connectivity index (χ1n) is 6.99. The van der Waals surface area contributed by atoms with E-state index in [1.807, 2.05) is 13.1 Å². The molecule has 0 saturated heterocycles. The number of aliphatic hydroxyl groups excluding tert-OH is 1. The minimum atomic E-state index is 0.206. The van der Waals surface area contributed by atoms with Crippen molar-refractivity contribution >= 4 is 0 Å². The van der Waals surface area contributed by atoms with Crippen LogP contribution in [0.3, 0.4) is 0 Å². The predicted molar refractivity (Wildman–Crippen MR) is 75.3 cm³/mol. The molecule has 1 unspecified atom stereocenters. The van der Waals surface area contributed by atoms with Crippen LogP contribution in [0.15, 0.2) is 23.3 Å². The summed E-state index contributed by atoms with van der Waals surface area (Å²) in [5.74, 6) is 1.67. The van der Waals surface area contributed by atoms with Crippen LogP contribution < -0.4 is 0 Å². The van der Waals surface area contributed by atoms with E-state index >= 15 is 0 Å². The average molecular weight is 253 g/mol. The van der Waals surface area contributed by atoms with Gasteiger partial charge in [-0.15, -0.1) is 0 Å². The van der Waals surface area contributed by atoms with E-state index in [9.17, 15) is 5.11 Å². The first-order valence-corrected chi connectivity index (χ1v) is 6.99. The monoisotopic (exact) mass is 253 g/mol. The highest BCUT2D eigenvalue weighted by Crippen LogP contribution is 2.28. The van der Waals surface area contributed by atoms with Gasteiger partial charge in [0.25, 0.3) is 0 Å². The zero-order valence-electron chi connectivity index (χ0n) is 12.2. The zero-order valence-corrected chi connectivity index (χ0v) is 12.2. The van der Waals surface area contributed by atoms with Crippen LogP contribution in [-0.2, 0) is 4.74 Å². The van der Waals surface area contributed by atoms with E-state index in [2.05, 4.69) is 18.7 Å². The lowest BCUT2D eigenvalue weighted by Crippen LogP contribution is -2.21. The molecule has 1 rings (SSSR count). The van der Waals surface area contributed by atoms with Crippen LogP contribution in [0.1, 0.15) is 46.0 Å². The number of aliphatic hydroxyl groups is 1. The zero-order chi connectivity index (χ0) is 13.5. The van der Waals surface area contributed by atoms with E-state index in [4.69, 9.17) is 4.74 Å². The Labute approximate surface area is 111 Å². The molecule has 1 aliphatic carbocycles. The number of unbranched alkanes of at least 4 members (excludes halogenated alkanes) is 2. The van der Waals surface area contributed by atoms with Gasteiger partial charge < -0.3 is 14.7 Å². The minimum Gasteiger partial charge on any atom is -0.510 e. The van der Waals surface area contributed by atoms with Gasteiger partial charge in [0.05, 0.1) is 18.6 Å². The topological polar surface area (TPSA) is 32.7 Å². The van der Waals surface area contributed by atoms with Gasteiger partial charge in [0.2, 0.25) is 0 Å². The van der Waals surface area contributed by atoms with Crippen molar-refractivity contribution in [2.24, 2.45) is 5.92 Å². The molecular formula is C15H27NO2. The summed E-state index contributed by atoms with van der Waals surface area (Å²) >= 11 is 0. The molecule has 0 aromatic rings. The summed E-state index contributed by atoms with van der Waals surface area (Å²) in [5.41, 5.74) is 0.924. The molecule has 0 amide bonds. The van der Waals surface area contributed by atoms with Crippen LogP contribution in [0.4, 0.5) is 0 Å². The molecular weight excluding hydrogens is 226 g/mol. The summed E-state index contributed by atoms with van der Waals surface area (Å²) in [6.45, 7) is 5.25. The van der Waals surface area contributed by atoms with Gasteiger partial charge in [-0.1, -0.05) is 26.7 Å².